The number of piperidine rings is 1. The van der Waals surface area contributed by atoms with Gasteiger partial charge in [0.1, 0.15) is 40.2 Å². The molecule has 2 saturated heterocycles. The van der Waals surface area contributed by atoms with Gasteiger partial charge in [0.2, 0.25) is 5.88 Å². The van der Waals surface area contributed by atoms with E-state index in [2.05, 4.69) is 42.2 Å². The van der Waals surface area contributed by atoms with Crippen molar-refractivity contribution < 1.29 is 28.1 Å². The number of halogens is 1. The second-order valence-corrected chi connectivity index (χ2v) is 18.5. The fourth-order valence-electron chi connectivity index (χ4n) is 9.79. The number of hydrogen-bond acceptors (Lipinski definition) is 11. The van der Waals surface area contributed by atoms with Crippen molar-refractivity contribution in [2.45, 2.75) is 121 Å². The minimum Gasteiger partial charge on any atom is -0.497 e. The summed E-state index contributed by atoms with van der Waals surface area (Å²) in [7, 11) is 3.32. The van der Waals surface area contributed by atoms with Crippen molar-refractivity contribution in [3.8, 4) is 28.8 Å². The molecule has 2 aromatic carbocycles. The first-order chi connectivity index (χ1) is 28.8. The van der Waals surface area contributed by atoms with Crippen LogP contribution in [0.5, 0.6) is 17.4 Å². The van der Waals surface area contributed by atoms with Crippen LogP contribution < -0.4 is 19.1 Å². The lowest BCUT2D eigenvalue weighted by Gasteiger charge is -2.45. The second-order valence-electron chi connectivity index (χ2n) is 17.7. The number of carbonyl (C=O) groups excluding carboxylic acids is 1. The molecule has 0 radical (unpaired) electrons. The average Bonchev–Trinajstić information content (AvgIpc) is 4.03. The van der Waals surface area contributed by atoms with E-state index in [0.717, 1.165) is 65.1 Å². The number of rotatable bonds is 10. The van der Waals surface area contributed by atoms with Crippen LogP contribution >= 0.6 is 11.8 Å². The van der Waals surface area contributed by atoms with Crippen molar-refractivity contribution in [2.75, 3.05) is 25.4 Å². The second kappa shape index (κ2) is 15.7. The number of pyridine rings is 2. The zero-order valence-electron chi connectivity index (χ0n) is 35.6. The summed E-state index contributed by atoms with van der Waals surface area (Å²) >= 11 is 1.39. The zero-order valence-corrected chi connectivity index (χ0v) is 36.4. The van der Waals surface area contributed by atoms with Gasteiger partial charge in [-0.1, -0.05) is 36.0 Å². The highest BCUT2D eigenvalue weighted by Gasteiger charge is 2.55. The number of ether oxygens (including phenoxy) is 4. The normalized spacial score (nSPS) is 21.9. The molecule has 0 N–H and O–H groups in total. The fraction of sp³-hybridized carbons (Fsp3) is 0.468. The van der Waals surface area contributed by atoms with E-state index in [-0.39, 0.29) is 53.2 Å². The molecule has 5 aromatic rings. The van der Waals surface area contributed by atoms with Crippen LogP contribution in [0.1, 0.15) is 99.6 Å². The van der Waals surface area contributed by atoms with Gasteiger partial charge >= 0.3 is 6.09 Å². The summed E-state index contributed by atoms with van der Waals surface area (Å²) in [6.45, 7) is 10.9. The van der Waals surface area contributed by atoms with Gasteiger partial charge in [-0.15, -0.1) is 0 Å². The number of benzene rings is 2. The minimum absolute atomic E-state index is 0.0190. The molecule has 6 heterocycles. The molecule has 314 valence electrons. The molecule has 4 aliphatic rings. The SMILES string of the molecule is COc1ccc(CN(Cc2ccc(OC)cc2)c2cc(C)c(C3CC3)c(-c3nc4c5c(nc(SC)nc5c3F)C3C[C@H]5CC[C@@H]([C@H]3[C@H](C)O4)N5C(=O)OC(C)(C)C)n2)cc1. The predicted molar refractivity (Wildman–Crippen MR) is 231 cm³/mol. The number of aryl methyl sites for hydroxylation is 1. The average molecular weight is 833 g/mol. The van der Waals surface area contributed by atoms with Gasteiger partial charge in [0.05, 0.1) is 31.0 Å². The van der Waals surface area contributed by atoms with Crippen molar-refractivity contribution in [2.24, 2.45) is 5.92 Å². The van der Waals surface area contributed by atoms with Crippen LogP contribution in [0, 0.1) is 18.7 Å². The molecule has 5 atom stereocenters. The molecule has 3 aliphatic heterocycles. The molecular formula is C47H53FN6O5S. The molecule has 2 bridgehead atoms. The van der Waals surface area contributed by atoms with E-state index < -0.39 is 11.4 Å². The van der Waals surface area contributed by atoms with E-state index in [0.29, 0.717) is 47.4 Å². The van der Waals surface area contributed by atoms with Crippen LogP contribution in [0.15, 0.2) is 59.8 Å². The van der Waals surface area contributed by atoms with Crippen molar-refractivity contribution in [3.05, 3.63) is 88.4 Å². The maximum absolute atomic E-state index is 17.7. The summed E-state index contributed by atoms with van der Waals surface area (Å²) in [6.07, 6.45) is 5.61. The summed E-state index contributed by atoms with van der Waals surface area (Å²) in [5.41, 5.74) is 5.14. The van der Waals surface area contributed by atoms with Crippen LogP contribution in [-0.2, 0) is 17.8 Å². The number of thioether (sulfide) groups is 1. The molecule has 0 spiro atoms. The summed E-state index contributed by atoms with van der Waals surface area (Å²) in [4.78, 5) is 38.3. The van der Waals surface area contributed by atoms with Gasteiger partial charge in [-0.25, -0.2) is 29.1 Å². The Hall–Kier alpha value is -5.17. The maximum atomic E-state index is 17.7. The Balaban J connectivity index is 1.17. The van der Waals surface area contributed by atoms with Crippen LogP contribution in [0.2, 0.25) is 0 Å². The summed E-state index contributed by atoms with van der Waals surface area (Å²) in [5.74, 6) is 2.10. The highest BCUT2D eigenvalue weighted by molar-refractivity contribution is 7.98. The molecule has 1 saturated carbocycles. The number of nitrogens with zero attached hydrogens (tertiary/aromatic N) is 6. The van der Waals surface area contributed by atoms with Gasteiger partial charge < -0.3 is 28.7 Å². The standard InChI is InChI=1S/C47H53FN6O5S/c1-25-21-35(53(23-27-9-16-31(56-6)17-10-27)24-28-11-18-32(57-7)19-12-28)49-42(36(25)29-13-14-29)43-39(48)41-38-40(51-45(52-41)60-8)33-22-30-15-20-34(37(33)26(2)58-44(38)50-43)54(30)46(55)59-47(3,4)5/h9-12,16-19,21,26,29-30,33-34,37H,13-15,20,22-24H2,1-8H3/t26-,30+,33?,34-,37-/m0/s1. The monoisotopic (exact) mass is 832 g/mol. The van der Waals surface area contributed by atoms with Crippen LogP contribution in [0.3, 0.4) is 0 Å². The van der Waals surface area contributed by atoms with Crippen molar-refractivity contribution in [1.29, 1.82) is 0 Å². The first-order valence-electron chi connectivity index (χ1n) is 21.0. The number of fused-ring (bicyclic) bond motifs is 5. The van der Waals surface area contributed by atoms with E-state index in [1.807, 2.05) is 63.1 Å². The summed E-state index contributed by atoms with van der Waals surface area (Å²) in [5, 5.41) is 1.00. The molecule has 1 unspecified atom stereocenters. The molecule has 9 rings (SSSR count). The van der Waals surface area contributed by atoms with Crippen LogP contribution in [-0.4, -0.2) is 75.2 Å². The number of amides is 1. The van der Waals surface area contributed by atoms with Crippen molar-refractivity contribution in [3.63, 3.8) is 0 Å². The van der Waals surface area contributed by atoms with Gasteiger partial charge in [-0.05, 0) is 131 Å². The lowest BCUT2D eigenvalue weighted by Crippen LogP contribution is -2.55. The lowest BCUT2D eigenvalue weighted by molar-refractivity contribution is -0.0213. The largest absolute Gasteiger partial charge is 0.497 e. The predicted octanol–water partition coefficient (Wildman–Crippen LogP) is 10.0. The molecule has 3 aromatic heterocycles. The van der Waals surface area contributed by atoms with Crippen LogP contribution in [0.4, 0.5) is 15.0 Å². The molecule has 13 heteroatoms. The van der Waals surface area contributed by atoms with E-state index in [9.17, 15) is 4.79 Å². The maximum Gasteiger partial charge on any atom is 0.410 e. The quantitative estimate of drug-likeness (QED) is 0.0990. The molecule has 11 nitrogen and oxygen atoms in total. The van der Waals surface area contributed by atoms with E-state index in [4.69, 9.17) is 38.9 Å². The molecule has 60 heavy (non-hydrogen) atoms. The Morgan fingerprint density at radius 2 is 1.57 bits per heavy atom. The highest BCUT2D eigenvalue weighted by Crippen LogP contribution is 2.54. The number of hydrogen-bond donors (Lipinski definition) is 0. The topological polar surface area (TPSA) is 112 Å². The van der Waals surface area contributed by atoms with Crippen molar-refractivity contribution in [1.82, 2.24) is 24.8 Å². The number of anilines is 1. The molecule has 1 amide bonds. The summed E-state index contributed by atoms with van der Waals surface area (Å²) in [6, 6.07) is 18.0. The third kappa shape index (κ3) is 7.47. The minimum atomic E-state index is -0.621. The van der Waals surface area contributed by atoms with Gasteiger partial charge in [0, 0.05) is 37.0 Å². The van der Waals surface area contributed by atoms with Crippen LogP contribution in [0.25, 0.3) is 22.3 Å². The first-order valence-corrected chi connectivity index (χ1v) is 22.2. The lowest BCUT2D eigenvalue weighted by atomic mass is 9.75. The third-order valence-electron chi connectivity index (χ3n) is 12.6. The zero-order chi connectivity index (χ0) is 42.0. The Kier molecular flexibility index (Phi) is 10.5. The van der Waals surface area contributed by atoms with E-state index in [1.54, 1.807) is 14.2 Å². The van der Waals surface area contributed by atoms with Gasteiger partial charge in [0.25, 0.3) is 0 Å². The van der Waals surface area contributed by atoms with Gasteiger partial charge in [-0.3, -0.25) is 0 Å². The van der Waals surface area contributed by atoms with Crippen molar-refractivity contribution >= 4 is 34.6 Å². The molecule has 1 aliphatic carbocycles. The molecular weight excluding hydrogens is 780 g/mol. The van der Waals surface area contributed by atoms with Gasteiger partial charge in [0.15, 0.2) is 11.0 Å². The Labute approximate surface area is 355 Å². The smallest absolute Gasteiger partial charge is 0.410 e. The van der Waals surface area contributed by atoms with Gasteiger partial charge in [-0.2, -0.15) is 0 Å². The number of methoxy groups -OCH3 is 2. The highest BCUT2D eigenvalue weighted by atomic mass is 32.2. The Morgan fingerprint density at radius 3 is 2.15 bits per heavy atom. The number of carbonyl (C=O) groups is 1. The fourth-order valence-corrected chi connectivity index (χ4v) is 10.2. The summed E-state index contributed by atoms with van der Waals surface area (Å²) < 4.78 is 41.5. The molecule has 3 fully saturated rings. The Morgan fingerprint density at radius 1 is 0.917 bits per heavy atom. The third-order valence-corrected chi connectivity index (χ3v) is 13.1. The first kappa shape index (κ1) is 40.2. The van der Waals surface area contributed by atoms with E-state index in [1.165, 1.54) is 11.8 Å². The Bertz CT molecular complexity index is 2390. The van der Waals surface area contributed by atoms with E-state index >= 15 is 4.39 Å². The number of aromatic nitrogens is 4.